The lowest BCUT2D eigenvalue weighted by Gasteiger charge is -2.19. The van der Waals surface area contributed by atoms with Crippen LogP contribution in [0, 0.1) is 0 Å². The maximum Gasteiger partial charge on any atom is 0.129 e. The monoisotopic (exact) mass is 332 g/mol. The Morgan fingerprint density at radius 3 is 2.64 bits per heavy atom. The van der Waals surface area contributed by atoms with Crippen LogP contribution in [-0.4, -0.2) is 28.3 Å². The second kappa shape index (κ2) is 5.45. The summed E-state index contributed by atoms with van der Waals surface area (Å²) >= 11 is 12.6. The SMILES string of the molecule is Clc1ccc2c(-c3cc[nH]n3)cc(N3CCCC3)nc2c1Cl. The van der Waals surface area contributed by atoms with Crippen molar-refractivity contribution < 1.29 is 0 Å². The fourth-order valence-electron chi connectivity index (χ4n) is 2.95. The molecule has 1 aliphatic heterocycles. The molecule has 0 bridgehead atoms. The molecule has 0 radical (unpaired) electrons. The van der Waals surface area contributed by atoms with Gasteiger partial charge in [0.15, 0.2) is 0 Å². The lowest BCUT2D eigenvalue weighted by atomic mass is 10.1. The summed E-state index contributed by atoms with van der Waals surface area (Å²) in [6.45, 7) is 2.05. The number of rotatable bonds is 2. The first-order valence-electron chi connectivity index (χ1n) is 7.28. The summed E-state index contributed by atoms with van der Waals surface area (Å²) in [5, 5.41) is 9.16. The molecule has 0 aliphatic carbocycles. The van der Waals surface area contributed by atoms with E-state index in [-0.39, 0.29) is 0 Å². The normalized spacial score (nSPS) is 14.9. The predicted octanol–water partition coefficient (Wildman–Crippen LogP) is 4.53. The zero-order valence-corrected chi connectivity index (χ0v) is 13.3. The Kier molecular flexibility index (Phi) is 3.43. The van der Waals surface area contributed by atoms with Crippen LogP contribution in [0.5, 0.6) is 0 Å². The van der Waals surface area contributed by atoms with Crippen LogP contribution >= 0.6 is 23.2 Å². The van der Waals surface area contributed by atoms with Crippen molar-refractivity contribution in [3.63, 3.8) is 0 Å². The van der Waals surface area contributed by atoms with Gasteiger partial charge in [-0.05, 0) is 31.0 Å². The molecule has 0 spiro atoms. The first-order chi connectivity index (χ1) is 10.7. The Balaban J connectivity index is 2.01. The molecule has 0 unspecified atom stereocenters. The maximum atomic E-state index is 6.40. The standard InChI is InChI=1S/C16H14Cl2N4/c17-12-4-3-10-11(13-5-6-19-21-13)9-14(20-16(10)15(12)18)22-7-1-2-8-22/h3-6,9H,1-2,7-8H2,(H,19,21). The van der Waals surface area contributed by atoms with Crippen molar-refractivity contribution in [2.45, 2.75) is 12.8 Å². The Morgan fingerprint density at radius 1 is 1.09 bits per heavy atom. The molecule has 4 rings (SSSR count). The molecule has 4 nitrogen and oxygen atoms in total. The number of hydrogen-bond donors (Lipinski definition) is 1. The van der Waals surface area contributed by atoms with Crippen molar-refractivity contribution in [1.82, 2.24) is 15.2 Å². The number of nitrogens with zero attached hydrogens (tertiary/aromatic N) is 3. The molecule has 3 aromatic rings. The largest absolute Gasteiger partial charge is 0.357 e. The van der Waals surface area contributed by atoms with Gasteiger partial charge in [0.1, 0.15) is 5.82 Å². The van der Waals surface area contributed by atoms with Gasteiger partial charge < -0.3 is 4.90 Å². The molecular weight excluding hydrogens is 319 g/mol. The number of H-pyrrole nitrogens is 1. The van der Waals surface area contributed by atoms with E-state index in [1.807, 2.05) is 18.3 Å². The third-order valence-electron chi connectivity index (χ3n) is 4.07. The van der Waals surface area contributed by atoms with E-state index in [4.69, 9.17) is 28.2 Å². The van der Waals surface area contributed by atoms with Gasteiger partial charge in [0.2, 0.25) is 0 Å². The van der Waals surface area contributed by atoms with Gasteiger partial charge in [-0.15, -0.1) is 0 Å². The van der Waals surface area contributed by atoms with Gasteiger partial charge in [0.05, 0.1) is 21.3 Å². The highest BCUT2D eigenvalue weighted by atomic mass is 35.5. The summed E-state index contributed by atoms with van der Waals surface area (Å²) < 4.78 is 0. The average Bonchev–Trinajstić information content (AvgIpc) is 3.23. The molecule has 112 valence electrons. The summed E-state index contributed by atoms with van der Waals surface area (Å²) in [6, 6.07) is 7.80. The minimum Gasteiger partial charge on any atom is -0.357 e. The number of halogens is 2. The number of fused-ring (bicyclic) bond motifs is 1. The molecule has 1 aliphatic rings. The number of hydrogen-bond acceptors (Lipinski definition) is 3. The number of nitrogens with one attached hydrogen (secondary N) is 1. The minimum absolute atomic E-state index is 0.497. The second-order valence-corrected chi connectivity index (χ2v) is 6.22. The molecule has 1 N–H and O–H groups in total. The fourth-order valence-corrected chi connectivity index (χ4v) is 3.31. The molecule has 2 aromatic heterocycles. The van der Waals surface area contributed by atoms with Crippen molar-refractivity contribution in [2.24, 2.45) is 0 Å². The van der Waals surface area contributed by atoms with Gasteiger partial charge in [0, 0.05) is 30.2 Å². The van der Waals surface area contributed by atoms with Gasteiger partial charge in [0.25, 0.3) is 0 Å². The second-order valence-electron chi connectivity index (χ2n) is 5.44. The van der Waals surface area contributed by atoms with Crippen LogP contribution in [0.2, 0.25) is 10.0 Å². The van der Waals surface area contributed by atoms with Crippen molar-refractivity contribution in [2.75, 3.05) is 18.0 Å². The molecule has 1 aromatic carbocycles. The zero-order chi connectivity index (χ0) is 15.1. The number of pyridine rings is 1. The van der Waals surface area contributed by atoms with Crippen molar-refractivity contribution in [1.29, 1.82) is 0 Å². The summed E-state index contributed by atoms with van der Waals surface area (Å²) in [7, 11) is 0. The predicted molar refractivity (Wildman–Crippen MR) is 90.8 cm³/mol. The van der Waals surface area contributed by atoms with Crippen LogP contribution in [-0.2, 0) is 0 Å². The number of aromatic nitrogens is 3. The van der Waals surface area contributed by atoms with Gasteiger partial charge in [-0.1, -0.05) is 29.3 Å². The first-order valence-corrected chi connectivity index (χ1v) is 8.03. The van der Waals surface area contributed by atoms with E-state index in [1.165, 1.54) is 12.8 Å². The van der Waals surface area contributed by atoms with Crippen molar-refractivity contribution in [3.05, 3.63) is 40.5 Å². The third-order valence-corrected chi connectivity index (χ3v) is 4.86. The molecular formula is C16H14Cl2N4. The highest BCUT2D eigenvalue weighted by molar-refractivity contribution is 6.45. The molecule has 1 saturated heterocycles. The van der Waals surface area contributed by atoms with E-state index < -0.39 is 0 Å². The minimum atomic E-state index is 0.497. The summed E-state index contributed by atoms with van der Waals surface area (Å²) in [5.41, 5.74) is 2.63. The molecule has 0 amide bonds. The maximum absolute atomic E-state index is 6.40. The van der Waals surface area contributed by atoms with Crippen LogP contribution in [0.4, 0.5) is 5.82 Å². The number of aromatic amines is 1. The molecule has 3 heterocycles. The van der Waals surface area contributed by atoms with Crippen LogP contribution in [0.15, 0.2) is 30.5 Å². The van der Waals surface area contributed by atoms with Crippen molar-refractivity contribution in [3.8, 4) is 11.3 Å². The summed E-state index contributed by atoms with van der Waals surface area (Å²) in [4.78, 5) is 7.04. The van der Waals surface area contributed by atoms with Crippen molar-refractivity contribution >= 4 is 39.9 Å². The summed E-state index contributed by atoms with van der Waals surface area (Å²) in [6.07, 6.45) is 4.20. The van der Waals surface area contributed by atoms with Crippen LogP contribution in [0.3, 0.4) is 0 Å². The smallest absolute Gasteiger partial charge is 0.129 e. The zero-order valence-electron chi connectivity index (χ0n) is 11.8. The molecule has 1 fully saturated rings. The van der Waals surface area contributed by atoms with E-state index in [0.29, 0.717) is 10.0 Å². The van der Waals surface area contributed by atoms with E-state index >= 15 is 0 Å². The lowest BCUT2D eigenvalue weighted by molar-refractivity contribution is 0.944. The third kappa shape index (κ3) is 2.23. The Hall–Kier alpha value is -1.78. The topological polar surface area (TPSA) is 44.8 Å². The van der Waals surface area contributed by atoms with Crippen LogP contribution in [0.25, 0.3) is 22.2 Å². The quantitative estimate of drug-likeness (QED) is 0.749. The molecule has 22 heavy (non-hydrogen) atoms. The Labute approximate surface area is 138 Å². The molecule has 0 atom stereocenters. The average molecular weight is 333 g/mol. The van der Waals surface area contributed by atoms with Gasteiger partial charge in [-0.2, -0.15) is 5.10 Å². The van der Waals surface area contributed by atoms with Gasteiger partial charge in [-0.25, -0.2) is 4.98 Å². The lowest BCUT2D eigenvalue weighted by Crippen LogP contribution is -2.19. The van der Waals surface area contributed by atoms with E-state index in [0.717, 1.165) is 41.1 Å². The van der Waals surface area contributed by atoms with Crippen LogP contribution < -0.4 is 4.90 Å². The summed E-state index contributed by atoms with van der Waals surface area (Å²) in [5.74, 6) is 0.937. The highest BCUT2D eigenvalue weighted by Gasteiger charge is 2.19. The fraction of sp³-hybridized carbons (Fsp3) is 0.250. The van der Waals surface area contributed by atoms with Gasteiger partial charge >= 0.3 is 0 Å². The van der Waals surface area contributed by atoms with E-state index in [9.17, 15) is 0 Å². The Bertz CT molecular complexity index is 824. The van der Waals surface area contributed by atoms with E-state index in [1.54, 1.807) is 6.07 Å². The highest BCUT2D eigenvalue weighted by Crippen LogP contribution is 2.37. The molecule has 0 saturated carbocycles. The van der Waals surface area contributed by atoms with Crippen LogP contribution in [0.1, 0.15) is 12.8 Å². The number of anilines is 1. The first kappa shape index (κ1) is 13.9. The van der Waals surface area contributed by atoms with E-state index in [2.05, 4.69) is 21.2 Å². The van der Waals surface area contributed by atoms with Gasteiger partial charge in [-0.3, -0.25) is 5.10 Å². The Morgan fingerprint density at radius 2 is 1.91 bits per heavy atom. The molecule has 6 heteroatoms. The number of benzene rings is 1.